The van der Waals surface area contributed by atoms with Crippen LogP contribution in [0.25, 0.3) is 0 Å². The smallest absolute Gasteiger partial charge is 0.407 e. The van der Waals surface area contributed by atoms with Crippen molar-refractivity contribution in [3.8, 4) is 0 Å². The third-order valence-electron chi connectivity index (χ3n) is 2.68. The Balaban J connectivity index is 1.78. The van der Waals surface area contributed by atoms with Gasteiger partial charge < -0.3 is 10.1 Å². The van der Waals surface area contributed by atoms with E-state index in [1.54, 1.807) is 0 Å². The number of ether oxygens (including phenoxy) is 1. The average molecular weight is 262 g/mol. The van der Waals surface area contributed by atoms with Gasteiger partial charge >= 0.3 is 6.09 Å². The van der Waals surface area contributed by atoms with E-state index in [1.807, 2.05) is 30.3 Å². The fraction of sp³-hybridized carbons (Fsp3) is 0.308. The number of hydrogen-bond donors (Lipinski definition) is 2. The first kappa shape index (κ1) is 13.1. The molecule has 1 heterocycles. The first-order valence-corrected chi connectivity index (χ1v) is 5.93. The lowest BCUT2D eigenvalue weighted by molar-refractivity contribution is -0.133. The second kappa shape index (κ2) is 5.99. The minimum absolute atomic E-state index is 0.0895. The second-order valence-electron chi connectivity index (χ2n) is 4.28. The van der Waals surface area contributed by atoms with Crippen molar-refractivity contribution in [3.05, 3.63) is 35.9 Å². The van der Waals surface area contributed by atoms with Gasteiger partial charge in [0, 0.05) is 18.9 Å². The molecule has 1 saturated heterocycles. The van der Waals surface area contributed by atoms with Crippen LogP contribution in [0.15, 0.2) is 30.3 Å². The number of carbonyl (C=O) groups excluding carboxylic acids is 3. The number of carbonyl (C=O) groups is 3. The minimum atomic E-state index is -0.628. The van der Waals surface area contributed by atoms with Gasteiger partial charge in [0.15, 0.2) is 0 Å². The highest BCUT2D eigenvalue weighted by Crippen LogP contribution is 2.06. The lowest BCUT2D eigenvalue weighted by atomic mass is 10.1. The van der Waals surface area contributed by atoms with Gasteiger partial charge in [0.2, 0.25) is 11.8 Å². The molecule has 0 radical (unpaired) electrons. The Morgan fingerprint density at radius 1 is 1.21 bits per heavy atom. The van der Waals surface area contributed by atoms with Gasteiger partial charge in [-0.05, 0) is 5.56 Å². The van der Waals surface area contributed by atoms with E-state index in [9.17, 15) is 14.4 Å². The summed E-state index contributed by atoms with van der Waals surface area (Å²) in [6.45, 7) is 0.152. The zero-order valence-corrected chi connectivity index (χ0v) is 10.2. The number of imide groups is 1. The van der Waals surface area contributed by atoms with Gasteiger partial charge in [0.05, 0.1) is 0 Å². The van der Waals surface area contributed by atoms with E-state index in [2.05, 4.69) is 10.6 Å². The summed E-state index contributed by atoms with van der Waals surface area (Å²) in [5, 5.41) is 4.68. The molecule has 6 heteroatoms. The molecule has 2 N–H and O–H groups in total. The van der Waals surface area contributed by atoms with E-state index in [1.165, 1.54) is 0 Å². The van der Waals surface area contributed by atoms with Crippen molar-refractivity contribution in [2.45, 2.75) is 25.5 Å². The van der Waals surface area contributed by atoms with E-state index in [-0.39, 0.29) is 31.3 Å². The van der Waals surface area contributed by atoms with E-state index in [0.29, 0.717) is 0 Å². The summed E-state index contributed by atoms with van der Waals surface area (Å²) < 4.78 is 5.01. The molecule has 0 spiro atoms. The van der Waals surface area contributed by atoms with Crippen LogP contribution in [0.5, 0.6) is 0 Å². The van der Waals surface area contributed by atoms with E-state index in [0.717, 1.165) is 5.56 Å². The molecule has 0 unspecified atom stereocenters. The van der Waals surface area contributed by atoms with Crippen LogP contribution < -0.4 is 10.6 Å². The summed E-state index contributed by atoms with van der Waals surface area (Å²) in [7, 11) is 0. The molecular formula is C13H14N2O4. The second-order valence-corrected chi connectivity index (χ2v) is 4.28. The van der Waals surface area contributed by atoms with Crippen LogP contribution in [-0.2, 0) is 20.9 Å². The molecule has 3 amide bonds. The maximum atomic E-state index is 11.5. The lowest BCUT2D eigenvalue weighted by Crippen LogP contribution is -2.48. The topological polar surface area (TPSA) is 84.5 Å². The van der Waals surface area contributed by atoms with Gasteiger partial charge in [-0.1, -0.05) is 30.3 Å². The van der Waals surface area contributed by atoms with Crippen molar-refractivity contribution in [1.29, 1.82) is 0 Å². The molecule has 1 aliphatic heterocycles. The molecule has 19 heavy (non-hydrogen) atoms. The van der Waals surface area contributed by atoms with Crippen molar-refractivity contribution in [3.63, 3.8) is 0 Å². The quantitative estimate of drug-likeness (QED) is 0.786. The molecule has 0 saturated carbocycles. The van der Waals surface area contributed by atoms with Gasteiger partial charge in [-0.15, -0.1) is 0 Å². The highest BCUT2D eigenvalue weighted by Gasteiger charge is 2.26. The first-order chi connectivity index (χ1) is 9.13. The predicted octanol–water partition coefficient (Wildman–Crippen LogP) is 0.718. The Morgan fingerprint density at radius 3 is 2.47 bits per heavy atom. The van der Waals surface area contributed by atoms with Crippen LogP contribution in [0.2, 0.25) is 0 Å². The molecule has 0 bridgehead atoms. The third kappa shape index (κ3) is 4.09. The molecule has 100 valence electrons. The van der Waals surface area contributed by atoms with Crippen molar-refractivity contribution < 1.29 is 19.1 Å². The Morgan fingerprint density at radius 2 is 1.84 bits per heavy atom. The minimum Gasteiger partial charge on any atom is -0.445 e. The number of benzene rings is 1. The lowest BCUT2D eigenvalue weighted by Gasteiger charge is -2.21. The van der Waals surface area contributed by atoms with E-state index < -0.39 is 12.1 Å². The summed E-state index contributed by atoms with van der Waals surface area (Å²) in [6.07, 6.45) is -0.449. The van der Waals surface area contributed by atoms with Crippen LogP contribution >= 0.6 is 0 Å². The molecule has 1 aromatic carbocycles. The molecule has 0 atom stereocenters. The van der Waals surface area contributed by atoms with Crippen LogP contribution in [0.3, 0.4) is 0 Å². The number of alkyl carbamates (subject to hydrolysis) is 1. The standard InChI is InChI=1S/C13H14N2O4/c16-11-6-10(7-12(17)15-11)14-13(18)19-8-9-4-2-1-3-5-9/h1-5,10H,6-8H2,(H,14,18)(H,15,16,17). The highest BCUT2D eigenvalue weighted by molar-refractivity contribution is 5.98. The Labute approximate surface area is 110 Å². The van der Waals surface area contributed by atoms with E-state index in [4.69, 9.17) is 4.74 Å². The van der Waals surface area contributed by atoms with Gasteiger partial charge in [-0.25, -0.2) is 4.79 Å². The van der Waals surface area contributed by atoms with Gasteiger partial charge in [-0.3, -0.25) is 14.9 Å². The molecule has 2 rings (SSSR count). The summed E-state index contributed by atoms with van der Waals surface area (Å²) in [4.78, 5) is 33.8. The van der Waals surface area contributed by atoms with Gasteiger partial charge in [0.1, 0.15) is 6.61 Å². The summed E-state index contributed by atoms with van der Waals surface area (Å²) >= 11 is 0. The number of piperidine rings is 1. The summed E-state index contributed by atoms with van der Waals surface area (Å²) in [5.41, 5.74) is 0.870. The SMILES string of the molecule is O=C1CC(NC(=O)OCc2ccccc2)CC(=O)N1. The third-order valence-corrected chi connectivity index (χ3v) is 2.68. The number of amides is 3. The zero-order chi connectivity index (χ0) is 13.7. The first-order valence-electron chi connectivity index (χ1n) is 5.93. The molecule has 0 aliphatic carbocycles. The Bertz CT molecular complexity index is 471. The van der Waals surface area contributed by atoms with Crippen molar-refractivity contribution in [2.24, 2.45) is 0 Å². The van der Waals surface area contributed by atoms with Crippen molar-refractivity contribution >= 4 is 17.9 Å². The van der Waals surface area contributed by atoms with Crippen LogP contribution in [0, 0.1) is 0 Å². The zero-order valence-electron chi connectivity index (χ0n) is 10.2. The Hall–Kier alpha value is -2.37. The van der Waals surface area contributed by atoms with Crippen LogP contribution in [0.4, 0.5) is 4.79 Å². The monoisotopic (exact) mass is 262 g/mol. The van der Waals surface area contributed by atoms with Crippen molar-refractivity contribution in [2.75, 3.05) is 0 Å². The van der Waals surface area contributed by atoms with Gasteiger partial charge in [0.25, 0.3) is 0 Å². The summed E-state index contributed by atoms with van der Waals surface area (Å²) in [6, 6.07) is 8.75. The molecule has 6 nitrogen and oxygen atoms in total. The largest absolute Gasteiger partial charge is 0.445 e. The van der Waals surface area contributed by atoms with Crippen molar-refractivity contribution in [1.82, 2.24) is 10.6 Å². The fourth-order valence-corrected chi connectivity index (χ4v) is 1.81. The van der Waals surface area contributed by atoms with Gasteiger partial charge in [-0.2, -0.15) is 0 Å². The maximum Gasteiger partial charge on any atom is 0.407 e. The normalized spacial score (nSPS) is 15.8. The summed E-state index contributed by atoms with van der Waals surface area (Å²) in [5.74, 6) is -0.769. The molecular weight excluding hydrogens is 248 g/mol. The maximum absolute atomic E-state index is 11.5. The molecule has 1 aromatic rings. The fourth-order valence-electron chi connectivity index (χ4n) is 1.81. The van der Waals surface area contributed by atoms with Crippen LogP contribution in [-0.4, -0.2) is 23.9 Å². The molecule has 1 aliphatic rings. The number of hydrogen-bond acceptors (Lipinski definition) is 4. The molecule has 1 fully saturated rings. The van der Waals surface area contributed by atoms with Crippen LogP contribution in [0.1, 0.15) is 18.4 Å². The number of rotatable bonds is 3. The predicted molar refractivity (Wildman–Crippen MR) is 65.9 cm³/mol. The average Bonchev–Trinajstić information content (AvgIpc) is 2.36. The Kier molecular flexibility index (Phi) is 4.12. The molecule has 0 aromatic heterocycles. The highest BCUT2D eigenvalue weighted by atomic mass is 16.5. The van der Waals surface area contributed by atoms with E-state index >= 15 is 0 Å². The number of nitrogens with one attached hydrogen (secondary N) is 2.